The van der Waals surface area contributed by atoms with Crippen LogP contribution in [0.4, 0.5) is 0 Å². The van der Waals surface area contributed by atoms with Gasteiger partial charge in [-0.05, 0) is 44.1 Å². The Morgan fingerprint density at radius 1 is 1.27 bits per heavy atom. The molecule has 3 rings (SSSR count). The number of halogens is 3. The van der Waals surface area contributed by atoms with Gasteiger partial charge in [-0.15, -0.1) is 24.8 Å². The summed E-state index contributed by atoms with van der Waals surface area (Å²) in [4.78, 5) is 16.9. The molecule has 144 valence electrons. The van der Waals surface area contributed by atoms with Crippen molar-refractivity contribution in [2.75, 3.05) is 33.4 Å². The van der Waals surface area contributed by atoms with Gasteiger partial charge in [-0.25, -0.2) is 4.98 Å². The topological polar surface area (TPSA) is 63.2 Å². The number of amides is 1. The minimum Gasteiger partial charge on any atom is -0.384 e. The van der Waals surface area contributed by atoms with Gasteiger partial charge in [0, 0.05) is 29.5 Å². The lowest BCUT2D eigenvalue weighted by Gasteiger charge is -2.37. The predicted molar refractivity (Wildman–Crippen MR) is 110 cm³/mol. The number of rotatable bonds is 5. The van der Waals surface area contributed by atoms with Gasteiger partial charge < -0.3 is 15.4 Å². The van der Waals surface area contributed by atoms with E-state index in [1.807, 2.05) is 18.2 Å². The smallest absolute Gasteiger partial charge is 0.269 e. The molecule has 1 aromatic carbocycles. The minimum atomic E-state index is -0.161. The van der Waals surface area contributed by atoms with E-state index >= 15 is 0 Å². The monoisotopic (exact) mass is 419 g/mol. The maximum atomic E-state index is 12.5. The van der Waals surface area contributed by atoms with Crippen LogP contribution in [0, 0.1) is 5.41 Å². The maximum absolute atomic E-state index is 12.5. The van der Waals surface area contributed by atoms with E-state index in [1.54, 1.807) is 19.2 Å². The van der Waals surface area contributed by atoms with Crippen LogP contribution >= 0.6 is 36.4 Å². The SMILES string of the molecule is COCC1(CNC(=O)c2ccc3ccc(Cl)cc3n2)CCNCC1.Cl.Cl. The van der Waals surface area contributed by atoms with Crippen molar-refractivity contribution in [1.29, 1.82) is 0 Å². The van der Waals surface area contributed by atoms with Crippen molar-refractivity contribution in [2.45, 2.75) is 12.8 Å². The molecular formula is C18H24Cl3N3O2. The van der Waals surface area contributed by atoms with Gasteiger partial charge in [-0.2, -0.15) is 0 Å². The van der Waals surface area contributed by atoms with Gasteiger partial charge in [0.25, 0.3) is 5.91 Å². The fraction of sp³-hybridized carbons (Fsp3) is 0.444. The lowest BCUT2D eigenvalue weighted by molar-refractivity contribution is 0.0511. The Morgan fingerprint density at radius 3 is 2.65 bits per heavy atom. The molecule has 0 saturated carbocycles. The lowest BCUT2D eigenvalue weighted by atomic mass is 9.79. The summed E-state index contributed by atoms with van der Waals surface area (Å²) in [5.74, 6) is -0.161. The van der Waals surface area contributed by atoms with Crippen molar-refractivity contribution in [2.24, 2.45) is 5.41 Å². The van der Waals surface area contributed by atoms with Crippen LogP contribution in [0.5, 0.6) is 0 Å². The van der Waals surface area contributed by atoms with E-state index < -0.39 is 0 Å². The molecule has 0 unspecified atom stereocenters. The molecule has 1 aliphatic heterocycles. The maximum Gasteiger partial charge on any atom is 0.269 e. The summed E-state index contributed by atoms with van der Waals surface area (Å²) in [6.45, 7) is 3.14. The Morgan fingerprint density at radius 2 is 1.96 bits per heavy atom. The Hall–Kier alpha value is -1.11. The minimum absolute atomic E-state index is 0. The Labute approximate surface area is 171 Å². The van der Waals surface area contributed by atoms with Crippen molar-refractivity contribution < 1.29 is 9.53 Å². The van der Waals surface area contributed by atoms with E-state index in [-0.39, 0.29) is 36.1 Å². The third-order valence-corrected chi connectivity index (χ3v) is 4.86. The van der Waals surface area contributed by atoms with Crippen molar-refractivity contribution in [1.82, 2.24) is 15.6 Å². The van der Waals surface area contributed by atoms with E-state index in [4.69, 9.17) is 16.3 Å². The number of carbonyl (C=O) groups excluding carboxylic acids is 1. The van der Waals surface area contributed by atoms with Crippen molar-refractivity contribution >= 4 is 53.2 Å². The predicted octanol–water partition coefficient (Wildman–Crippen LogP) is 3.48. The van der Waals surface area contributed by atoms with E-state index in [9.17, 15) is 4.79 Å². The fourth-order valence-corrected chi connectivity index (χ4v) is 3.38. The number of benzene rings is 1. The molecule has 0 spiro atoms. The molecule has 0 radical (unpaired) electrons. The number of fused-ring (bicyclic) bond motifs is 1. The second-order valence-electron chi connectivity index (χ2n) is 6.40. The molecule has 5 nitrogen and oxygen atoms in total. The van der Waals surface area contributed by atoms with Gasteiger partial charge in [0.1, 0.15) is 5.69 Å². The van der Waals surface area contributed by atoms with Gasteiger partial charge in [-0.3, -0.25) is 4.79 Å². The Bertz CT molecular complexity index is 731. The first-order chi connectivity index (χ1) is 11.6. The normalized spacial score (nSPS) is 15.6. The lowest BCUT2D eigenvalue weighted by Crippen LogP contribution is -2.47. The summed E-state index contributed by atoms with van der Waals surface area (Å²) in [6.07, 6.45) is 1.98. The summed E-state index contributed by atoms with van der Waals surface area (Å²) >= 11 is 6.01. The molecule has 1 saturated heterocycles. The molecule has 1 aromatic heterocycles. The Kier molecular flexibility index (Phi) is 9.07. The van der Waals surface area contributed by atoms with E-state index in [0.717, 1.165) is 36.8 Å². The van der Waals surface area contributed by atoms with Gasteiger partial charge >= 0.3 is 0 Å². The first kappa shape index (κ1) is 22.9. The van der Waals surface area contributed by atoms with Crippen molar-refractivity contribution in [3.8, 4) is 0 Å². The highest BCUT2D eigenvalue weighted by Crippen LogP contribution is 2.28. The van der Waals surface area contributed by atoms with Gasteiger partial charge in [0.2, 0.25) is 0 Å². The molecule has 0 bridgehead atoms. The van der Waals surface area contributed by atoms with Crippen LogP contribution in [-0.2, 0) is 4.74 Å². The number of methoxy groups -OCH3 is 1. The van der Waals surface area contributed by atoms with Crippen molar-refractivity contribution in [3.63, 3.8) is 0 Å². The van der Waals surface area contributed by atoms with Gasteiger partial charge in [-0.1, -0.05) is 23.7 Å². The second kappa shape index (κ2) is 10.3. The molecule has 0 aliphatic carbocycles. The molecule has 2 N–H and O–H groups in total. The number of nitrogens with zero attached hydrogens (tertiary/aromatic N) is 1. The van der Waals surface area contributed by atoms with Crippen LogP contribution in [0.1, 0.15) is 23.3 Å². The van der Waals surface area contributed by atoms with Crippen LogP contribution < -0.4 is 10.6 Å². The standard InChI is InChI=1S/C18H22ClN3O2.2ClH/c1-24-12-18(6-8-20-9-7-18)11-21-17(23)15-5-3-13-2-4-14(19)10-16(13)22-15;;/h2-5,10,20H,6-9,11-12H2,1H3,(H,21,23);2*1H. The molecule has 1 amide bonds. The molecule has 1 aliphatic rings. The van der Waals surface area contributed by atoms with E-state index in [1.165, 1.54) is 0 Å². The molecule has 1 fully saturated rings. The first-order valence-electron chi connectivity index (χ1n) is 8.16. The molecular weight excluding hydrogens is 397 g/mol. The zero-order valence-electron chi connectivity index (χ0n) is 14.6. The summed E-state index contributed by atoms with van der Waals surface area (Å²) in [7, 11) is 1.71. The first-order valence-corrected chi connectivity index (χ1v) is 8.54. The van der Waals surface area contributed by atoms with E-state index in [0.29, 0.717) is 23.9 Å². The average molecular weight is 421 g/mol. The van der Waals surface area contributed by atoms with Crippen LogP contribution in [0.2, 0.25) is 5.02 Å². The van der Waals surface area contributed by atoms with E-state index in [2.05, 4.69) is 15.6 Å². The number of carbonyl (C=O) groups is 1. The molecule has 2 aromatic rings. The third kappa shape index (κ3) is 5.44. The molecule has 0 atom stereocenters. The highest BCUT2D eigenvalue weighted by molar-refractivity contribution is 6.31. The van der Waals surface area contributed by atoms with Crippen LogP contribution in [0.25, 0.3) is 10.9 Å². The molecule has 2 heterocycles. The number of pyridine rings is 1. The number of nitrogens with one attached hydrogen (secondary N) is 2. The highest BCUT2D eigenvalue weighted by Gasteiger charge is 2.32. The summed E-state index contributed by atoms with van der Waals surface area (Å²) in [5.41, 5.74) is 1.13. The number of aromatic nitrogens is 1. The largest absolute Gasteiger partial charge is 0.384 e. The molecule has 8 heteroatoms. The second-order valence-corrected chi connectivity index (χ2v) is 6.84. The summed E-state index contributed by atoms with van der Waals surface area (Å²) < 4.78 is 5.38. The van der Waals surface area contributed by atoms with Gasteiger partial charge in [0.15, 0.2) is 0 Å². The Balaban J connectivity index is 0.00000169. The molecule has 26 heavy (non-hydrogen) atoms. The zero-order chi connectivity index (χ0) is 17.0. The highest BCUT2D eigenvalue weighted by atomic mass is 35.5. The third-order valence-electron chi connectivity index (χ3n) is 4.63. The average Bonchev–Trinajstić information content (AvgIpc) is 2.60. The van der Waals surface area contributed by atoms with Gasteiger partial charge in [0.05, 0.1) is 12.1 Å². The summed E-state index contributed by atoms with van der Waals surface area (Å²) in [5, 5.41) is 7.96. The quantitative estimate of drug-likeness (QED) is 0.777. The number of hydrogen-bond acceptors (Lipinski definition) is 4. The van der Waals surface area contributed by atoms with Crippen molar-refractivity contribution in [3.05, 3.63) is 41.0 Å². The number of hydrogen-bond donors (Lipinski definition) is 2. The fourth-order valence-electron chi connectivity index (χ4n) is 3.21. The summed E-state index contributed by atoms with van der Waals surface area (Å²) in [6, 6.07) is 9.12. The van der Waals surface area contributed by atoms with Crippen LogP contribution in [-0.4, -0.2) is 44.2 Å². The number of ether oxygens (including phenoxy) is 1. The van der Waals surface area contributed by atoms with Crippen LogP contribution in [0.3, 0.4) is 0 Å². The van der Waals surface area contributed by atoms with Crippen LogP contribution in [0.15, 0.2) is 30.3 Å². The zero-order valence-corrected chi connectivity index (χ0v) is 17.0. The number of piperidine rings is 1.